The van der Waals surface area contributed by atoms with Gasteiger partial charge in [-0.1, -0.05) is 25.1 Å². The molecule has 1 fully saturated rings. The van der Waals surface area contributed by atoms with Gasteiger partial charge in [0.25, 0.3) is 5.91 Å². The summed E-state index contributed by atoms with van der Waals surface area (Å²) in [6, 6.07) is 10.1. The SMILES string of the molecule is CCc1ccccc1NC(=O)c1cc(C2CC2)nc2c1cnn2C(C)C. The van der Waals surface area contributed by atoms with Crippen LogP contribution in [0, 0.1) is 0 Å². The smallest absolute Gasteiger partial charge is 0.256 e. The summed E-state index contributed by atoms with van der Waals surface area (Å²) in [5.74, 6) is 0.382. The average molecular weight is 348 g/mol. The maximum atomic E-state index is 13.1. The van der Waals surface area contributed by atoms with Crippen molar-refractivity contribution in [3.63, 3.8) is 0 Å². The van der Waals surface area contributed by atoms with Crippen molar-refractivity contribution in [1.82, 2.24) is 14.8 Å². The number of amides is 1. The van der Waals surface area contributed by atoms with Crippen LogP contribution in [0.5, 0.6) is 0 Å². The lowest BCUT2D eigenvalue weighted by Gasteiger charge is -2.12. The predicted octanol–water partition coefficient (Wildman–Crippen LogP) is 4.70. The summed E-state index contributed by atoms with van der Waals surface area (Å²) in [7, 11) is 0. The molecule has 1 aromatic carbocycles. The second-order valence-corrected chi connectivity index (χ2v) is 7.25. The number of hydrogen-bond donors (Lipinski definition) is 1. The summed E-state index contributed by atoms with van der Waals surface area (Å²) >= 11 is 0. The van der Waals surface area contributed by atoms with Crippen molar-refractivity contribution in [3.05, 3.63) is 53.3 Å². The number of aromatic nitrogens is 3. The number of aryl methyl sites for hydroxylation is 1. The predicted molar refractivity (Wildman–Crippen MR) is 104 cm³/mol. The summed E-state index contributed by atoms with van der Waals surface area (Å²) in [5, 5.41) is 8.38. The maximum absolute atomic E-state index is 13.1. The zero-order valence-corrected chi connectivity index (χ0v) is 15.5. The van der Waals surface area contributed by atoms with E-state index in [2.05, 4.69) is 31.2 Å². The molecule has 0 radical (unpaired) electrons. The van der Waals surface area contributed by atoms with E-state index in [1.807, 2.05) is 35.0 Å². The second kappa shape index (κ2) is 6.56. The van der Waals surface area contributed by atoms with Gasteiger partial charge in [-0.25, -0.2) is 9.67 Å². The Morgan fingerprint density at radius 1 is 1.31 bits per heavy atom. The average Bonchev–Trinajstić information content (AvgIpc) is 3.40. The Hall–Kier alpha value is -2.69. The van der Waals surface area contributed by atoms with Gasteiger partial charge in [-0.3, -0.25) is 4.79 Å². The van der Waals surface area contributed by atoms with E-state index < -0.39 is 0 Å². The van der Waals surface area contributed by atoms with Crippen LogP contribution in [0.3, 0.4) is 0 Å². The first-order chi connectivity index (χ1) is 12.6. The second-order valence-electron chi connectivity index (χ2n) is 7.25. The molecule has 4 rings (SSSR count). The normalized spacial score (nSPS) is 14.2. The van der Waals surface area contributed by atoms with Gasteiger partial charge < -0.3 is 5.32 Å². The summed E-state index contributed by atoms with van der Waals surface area (Å²) in [6.45, 7) is 6.25. The summed E-state index contributed by atoms with van der Waals surface area (Å²) < 4.78 is 1.90. The van der Waals surface area contributed by atoms with Gasteiger partial charge >= 0.3 is 0 Å². The van der Waals surface area contributed by atoms with Crippen molar-refractivity contribution in [2.45, 2.75) is 52.0 Å². The van der Waals surface area contributed by atoms with Crippen LogP contribution in [0.4, 0.5) is 5.69 Å². The van der Waals surface area contributed by atoms with Crippen LogP contribution >= 0.6 is 0 Å². The zero-order chi connectivity index (χ0) is 18.3. The number of nitrogens with one attached hydrogen (secondary N) is 1. The summed E-state index contributed by atoms with van der Waals surface area (Å²) in [6.07, 6.45) is 4.93. The molecule has 1 N–H and O–H groups in total. The minimum absolute atomic E-state index is 0.0940. The number of anilines is 1. The summed E-state index contributed by atoms with van der Waals surface area (Å²) in [5.41, 5.74) is 4.47. The monoisotopic (exact) mass is 348 g/mol. The number of nitrogens with zero attached hydrogens (tertiary/aromatic N) is 3. The van der Waals surface area contributed by atoms with Crippen LogP contribution < -0.4 is 5.32 Å². The first-order valence-electron chi connectivity index (χ1n) is 9.36. The molecule has 1 aliphatic carbocycles. The lowest BCUT2D eigenvalue weighted by Crippen LogP contribution is -2.15. The Bertz CT molecular complexity index is 969. The first-order valence-corrected chi connectivity index (χ1v) is 9.36. The van der Waals surface area contributed by atoms with Crippen molar-refractivity contribution >= 4 is 22.6 Å². The Balaban J connectivity index is 1.78. The molecule has 0 aliphatic heterocycles. The van der Waals surface area contributed by atoms with Crippen LogP contribution in [-0.2, 0) is 6.42 Å². The van der Waals surface area contributed by atoms with Crippen molar-refractivity contribution < 1.29 is 4.79 Å². The molecule has 1 saturated carbocycles. The van der Waals surface area contributed by atoms with E-state index in [0.29, 0.717) is 11.5 Å². The molecule has 1 amide bonds. The number of carbonyl (C=O) groups excluding carboxylic acids is 1. The molecular formula is C21H24N4O. The lowest BCUT2D eigenvalue weighted by molar-refractivity contribution is 0.102. The molecule has 2 aromatic heterocycles. The molecule has 1 aliphatic rings. The van der Waals surface area contributed by atoms with Gasteiger partial charge in [0, 0.05) is 23.3 Å². The fourth-order valence-electron chi connectivity index (χ4n) is 3.33. The van der Waals surface area contributed by atoms with Gasteiger partial charge in [0.2, 0.25) is 0 Å². The summed E-state index contributed by atoms with van der Waals surface area (Å²) in [4.78, 5) is 17.9. The fourth-order valence-corrected chi connectivity index (χ4v) is 3.33. The van der Waals surface area contributed by atoms with Crippen LogP contribution in [0.25, 0.3) is 11.0 Å². The van der Waals surface area contributed by atoms with E-state index in [0.717, 1.165) is 47.2 Å². The molecule has 0 bridgehead atoms. The van der Waals surface area contributed by atoms with Crippen LogP contribution in [0.1, 0.15) is 67.2 Å². The minimum atomic E-state index is -0.0940. The highest BCUT2D eigenvalue weighted by Crippen LogP contribution is 2.40. The topological polar surface area (TPSA) is 59.8 Å². The third kappa shape index (κ3) is 2.98. The van der Waals surface area contributed by atoms with E-state index in [-0.39, 0.29) is 11.9 Å². The number of fused-ring (bicyclic) bond motifs is 1. The highest BCUT2D eigenvalue weighted by Gasteiger charge is 2.28. The van der Waals surface area contributed by atoms with Crippen LogP contribution in [0.15, 0.2) is 36.5 Å². The number of hydrogen-bond acceptors (Lipinski definition) is 3. The van der Waals surface area contributed by atoms with E-state index in [4.69, 9.17) is 4.98 Å². The Morgan fingerprint density at radius 2 is 2.08 bits per heavy atom. The highest BCUT2D eigenvalue weighted by atomic mass is 16.1. The lowest BCUT2D eigenvalue weighted by atomic mass is 10.1. The van der Waals surface area contributed by atoms with E-state index in [1.54, 1.807) is 6.20 Å². The fraction of sp³-hybridized carbons (Fsp3) is 0.381. The third-order valence-electron chi connectivity index (χ3n) is 4.96. The third-order valence-corrected chi connectivity index (χ3v) is 4.96. The number of pyridine rings is 1. The van der Waals surface area contributed by atoms with E-state index >= 15 is 0 Å². The molecule has 26 heavy (non-hydrogen) atoms. The molecule has 5 heteroatoms. The molecule has 134 valence electrons. The molecule has 0 atom stereocenters. The van der Waals surface area contributed by atoms with Gasteiger partial charge in [-0.05, 0) is 50.8 Å². The largest absolute Gasteiger partial charge is 0.322 e. The molecule has 2 heterocycles. The van der Waals surface area contributed by atoms with Crippen LogP contribution in [-0.4, -0.2) is 20.7 Å². The number of benzene rings is 1. The van der Waals surface area contributed by atoms with Gasteiger partial charge in [0.15, 0.2) is 5.65 Å². The highest BCUT2D eigenvalue weighted by molar-refractivity contribution is 6.12. The number of para-hydroxylation sites is 1. The van der Waals surface area contributed by atoms with Gasteiger partial charge in [-0.2, -0.15) is 5.10 Å². The van der Waals surface area contributed by atoms with Gasteiger partial charge in [-0.15, -0.1) is 0 Å². The van der Waals surface area contributed by atoms with Crippen molar-refractivity contribution in [3.8, 4) is 0 Å². The molecule has 3 aromatic rings. The Labute approximate surface area is 153 Å². The van der Waals surface area contributed by atoms with Gasteiger partial charge in [0.05, 0.1) is 17.1 Å². The Kier molecular flexibility index (Phi) is 4.23. The molecule has 0 unspecified atom stereocenters. The van der Waals surface area contributed by atoms with Crippen molar-refractivity contribution in [2.75, 3.05) is 5.32 Å². The standard InChI is InChI=1S/C21H24N4O/c1-4-14-7-5-6-8-18(14)24-21(26)16-11-19(15-9-10-15)23-20-17(16)12-22-25(20)13(2)3/h5-8,11-13,15H,4,9-10H2,1-3H3,(H,24,26). The molecular weight excluding hydrogens is 324 g/mol. The molecule has 5 nitrogen and oxygen atoms in total. The van der Waals surface area contributed by atoms with Crippen molar-refractivity contribution in [1.29, 1.82) is 0 Å². The van der Waals surface area contributed by atoms with E-state index in [9.17, 15) is 4.79 Å². The number of carbonyl (C=O) groups is 1. The van der Waals surface area contributed by atoms with Gasteiger partial charge in [0.1, 0.15) is 0 Å². The van der Waals surface area contributed by atoms with Crippen molar-refractivity contribution in [2.24, 2.45) is 0 Å². The Morgan fingerprint density at radius 3 is 2.77 bits per heavy atom. The zero-order valence-electron chi connectivity index (χ0n) is 15.5. The maximum Gasteiger partial charge on any atom is 0.256 e. The first kappa shape index (κ1) is 16.8. The van der Waals surface area contributed by atoms with E-state index in [1.165, 1.54) is 0 Å². The van der Waals surface area contributed by atoms with Crippen LogP contribution in [0.2, 0.25) is 0 Å². The quantitative estimate of drug-likeness (QED) is 0.727. The molecule has 0 spiro atoms. The minimum Gasteiger partial charge on any atom is -0.322 e. The molecule has 0 saturated heterocycles. The number of rotatable bonds is 5.